The van der Waals surface area contributed by atoms with Crippen LogP contribution >= 0.6 is 0 Å². The predicted octanol–water partition coefficient (Wildman–Crippen LogP) is 2.71. The molecule has 2 aliphatic carbocycles. The van der Waals surface area contributed by atoms with Crippen LogP contribution in [0, 0.1) is 5.92 Å². The Labute approximate surface area is 143 Å². The van der Waals surface area contributed by atoms with Crippen molar-refractivity contribution in [3.05, 3.63) is 11.8 Å². The molecule has 1 heterocycles. The van der Waals surface area contributed by atoms with Crippen molar-refractivity contribution in [2.45, 2.75) is 63.7 Å². The van der Waals surface area contributed by atoms with Crippen molar-refractivity contribution in [3.8, 4) is 0 Å². The summed E-state index contributed by atoms with van der Waals surface area (Å²) in [5.41, 5.74) is 1.14. The van der Waals surface area contributed by atoms with Crippen LogP contribution in [0.2, 0.25) is 0 Å². The fourth-order valence-electron chi connectivity index (χ4n) is 4.03. The minimum Gasteiger partial charge on any atom is -0.348 e. The molecule has 1 aromatic rings. The average molecular weight is 332 g/mol. The number of anilines is 1. The second-order valence-electron chi connectivity index (χ2n) is 7.23. The summed E-state index contributed by atoms with van der Waals surface area (Å²) < 4.78 is 1.82. The van der Waals surface area contributed by atoms with E-state index in [0.717, 1.165) is 18.5 Å². The first-order valence-electron chi connectivity index (χ1n) is 9.26. The molecule has 0 aromatic carbocycles. The molecule has 0 bridgehead atoms. The summed E-state index contributed by atoms with van der Waals surface area (Å²) in [6.45, 7) is 0.599. The van der Waals surface area contributed by atoms with Gasteiger partial charge in [0.2, 0.25) is 0 Å². The zero-order chi connectivity index (χ0) is 16.9. The zero-order valence-electron chi connectivity index (χ0n) is 14.5. The number of rotatable bonds is 4. The Kier molecular flexibility index (Phi) is 5.53. The monoisotopic (exact) mass is 332 g/mol. The molecule has 24 heavy (non-hydrogen) atoms. The van der Waals surface area contributed by atoms with Crippen LogP contribution in [0.1, 0.15) is 69.4 Å². The van der Waals surface area contributed by atoms with E-state index >= 15 is 0 Å². The number of aromatic nitrogens is 2. The Morgan fingerprint density at radius 2 is 1.75 bits per heavy atom. The summed E-state index contributed by atoms with van der Waals surface area (Å²) in [4.78, 5) is 24.0. The Hall–Kier alpha value is -1.85. The van der Waals surface area contributed by atoms with Crippen LogP contribution < -0.4 is 10.6 Å². The Balaban J connectivity index is 1.50. The number of hydrogen-bond acceptors (Lipinski definition) is 3. The van der Waals surface area contributed by atoms with E-state index < -0.39 is 11.8 Å². The maximum atomic E-state index is 12.1. The minimum atomic E-state index is -0.623. The van der Waals surface area contributed by atoms with E-state index in [9.17, 15) is 9.59 Å². The van der Waals surface area contributed by atoms with Gasteiger partial charge in [-0.05, 0) is 31.6 Å². The van der Waals surface area contributed by atoms with E-state index in [4.69, 9.17) is 0 Å². The van der Waals surface area contributed by atoms with Gasteiger partial charge in [0, 0.05) is 31.3 Å². The number of nitrogens with zero attached hydrogens (tertiary/aromatic N) is 2. The molecule has 2 amide bonds. The summed E-state index contributed by atoms with van der Waals surface area (Å²) in [7, 11) is 1.90. The van der Waals surface area contributed by atoms with Gasteiger partial charge in [0.25, 0.3) is 0 Å². The molecule has 3 rings (SSSR count). The highest BCUT2D eigenvalue weighted by atomic mass is 16.2. The molecule has 2 saturated carbocycles. The van der Waals surface area contributed by atoms with E-state index in [1.165, 1.54) is 44.9 Å². The van der Waals surface area contributed by atoms with Crippen LogP contribution in [0.5, 0.6) is 0 Å². The number of carbonyl (C=O) groups is 2. The first kappa shape index (κ1) is 17.0. The van der Waals surface area contributed by atoms with Crippen LogP contribution in [0.15, 0.2) is 6.07 Å². The Morgan fingerprint density at radius 1 is 1.08 bits per heavy atom. The van der Waals surface area contributed by atoms with Gasteiger partial charge in [-0.15, -0.1) is 0 Å². The van der Waals surface area contributed by atoms with Gasteiger partial charge in [0.15, 0.2) is 5.82 Å². The van der Waals surface area contributed by atoms with E-state index in [0.29, 0.717) is 24.2 Å². The number of carbonyl (C=O) groups excluding carboxylic acids is 2. The summed E-state index contributed by atoms with van der Waals surface area (Å²) >= 11 is 0. The van der Waals surface area contributed by atoms with Crippen molar-refractivity contribution < 1.29 is 9.59 Å². The second-order valence-corrected chi connectivity index (χ2v) is 7.23. The predicted molar refractivity (Wildman–Crippen MR) is 92.6 cm³/mol. The van der Waals surface area contributed by atoms with E-state index in [2.05, 4.69) is 15.7 Å². The molecule has 0 radical (unpaired) electrons. The van der Waals surface area contributed by atoms with Crippen molar-refractivity contribution in [1.29, 1.82) is 0 Å². The van der Waals surface area contributed by atoms with Gasteiger partial charge >= 0.3 is 11.8 Å². The molecule has 2 fully saturated rings. The van der Waals surface area contributed by atoms with Gasteiger partial charge in [0.05, 0.1) is 0 Å². The topological polar surface area (TPSA) is 76.0 Å². The fourth-order valence-corrected chi connectivity index (χ4v) is 4.03. The third-order valence-electron chi connectivity index (χ3n) is 5.41. The summed E-state index contributed by atoms with van der Waals surface area (Å²) in [6, 6.07) is 1.91. The number of aryl methyl sites for hydroxylation is 1. The van der Waals surface area contributed by atoms with Crippen molar-refractivity contribution in [2.24, 2.45) is 13.0 Å². The second kappa shape index (κ2) is 7.81. The van der Waals surface area contributed by atoms with Crippen molar-refractivity contribution in [2.75, 3.05) is 11.9 Å². The lowest BCUT2D eigenvalue weighted by atomic mass is 9.89. The van der Waals surface area contributed by atoms with E-state index in [1.54, 1.807) is 0 Å². The van der Waals surface area contributed by atoms with Gasteiger partial charge < -0.3 is 10.6 Å². The van der Waals surface area contributed by atoms with Gasteiger partial charge in [-0.3, -0.25) is 14.3 Å². The van der Waals surface area contributed by atoms with Gasteiger partial charge in [-0.1, -0.05) is 32.1 Å². The summed E-state index contributed by atoms with van der Waals surface area (Å²) in [6.07, 6.45) is 10.9. The lowest BCUT2D eigenvalue weighted by Gasteiger charge is -2.21. The largest absolute Gasteiger partial charge is 0.348 e. The Morgan fingerprint density at radius 3 is 2.46 bits per heavy atom. The molecule has 2 N–H and O–H groups in total. The third-order valence-corrected chi connectivity index (χ3v) is 5.41. The fraction of sp³-hybridized carbons (Fsp3) is 0.722. The van der Waals surface area contributed by atoms with Crippen LogP contribution in [0.25, 0.3) is 0 Å². The molecule has 0 saturated heterocycles. The van der Waals surface area contributed by atoms with Crippen LogP contribution in [0.4, 0.5) is 5.82 Å². The smallest absolute Gasteiger partial charge is 0.314 e. The Bertz CT molecular complexity index is 584. The molecule has 0 atom stereocenters. The molecule has 6 nitrogen and oxygen atoms in total. The quantitative estimate of drug-likeness (QED) is 0.832. The number of nitrogens with one attached hydrogen (secondary N) is 2. The van der Waals surface area contributed by atoms with E-state index in [-0.39, 0.29) is 0 Å². The van der Waals surface area contributed by atoms with Crippen molar-refractivity contribution in [1.82, 2.24) is 15.1 Å². The number of amides is 2. The highest BCUT2D eigenvalue weighted by Gasteiger charge is 2.23. The van der Waals surface area contributed by atoms with Crippen LogP contribution in [0.3, 0.4) is 0 Å². The standard InChI is InChI=1S/C18H28N4O2/c1-22-15(14-9-5-6-10-14)11-16(21-22)20-18(24)17(23)19-12-13-7-3-2-4-8-13/h11,13-14H,2-10,12H2,1H3,(H,19,23)(H,20,21,24). The van der Waals surface area contributed by atoms with Gasteiger partial charge in [-0.2, -0.15) is 5.10 Å². The molecular weight excluding hydrogens is 304 g/mol. The zero-order valence-corrected chi connectivity index (χ0v) is 14.5. The van der Waals surface area contributed by atoms with Crippen LogP contribution in [-0.4, -0.2) is 28.1 Å². The maximum Gasteiger partial charge on any atom is 0.314 e. The van der Waals surface area contributed by atoms with Gasteiger partial charge in [0.1, 0.15) is 0 Å². The van der Waals surface area contributed by atoms with Crippen molar-refractivity contribution in [3.63, 3.8) is 0 Å². The van der Waals surface area contributed by atoms with Gasteiger partial charge in [-0.25, -0.2) is 0 Å². The summed E-state index contributed by atoms with van der Waals surface area (Å²) in [5.74, 6) is 0.320. The van der Waals surface area contributed by atoms with E-state index in [1.807, 2.05) is 17.8 Å². The lowest BCUT2D eigenvalue weighted by Crippen LogP contribution is -2.38. The molecule has 132 valence electrons. The molecule has 1 aromatic heterocycles. The molecule has 6 heteroatoms. The lowest BCUT2D eigenvalue weighted by molar-refractivity contribution is -0.136. The van der Waals surface area contributed by atoms with Crippen LogP contribution in [-0.2, 0) is 16.6 Å². The molecule has 0 aliphatic heterocycles. The minimum absolute atomic E-state index is 0.470. The highest BCUT2D eigenvalue weighted by molar-refractivity contribution is 6.39. The third kappa shape index (κ3) is 4.16. The van der Waals surface area contributed by atoms with Crippen molar-refractivity contribution >= 4 is 17.6 Å². The molecule has 0 unspecified atom stereocenters. The first-order chi connectivity index (χ1) is 11.6. The molecule has 0 spiro atoms. The summed E-state index contributed by atoms with van der Waals surface area (Å²) in [5, 5.41) is 9.73. The normalized spacial score (nSPS) is 19.4. The first-order valence-corrected chi connectivity index (χ1v) is 9.26. The average Bonchev–Trinajstić information content (AvgIpc) is 3.23. The highest BCUT2D eigenvalue weighted by Crippen LogP contribution is 2.34. The maximum absolute atomic E-state index is 12.1. The SMILES string of the molecule is Cn1nc(NC(=O)C(=O)NCC2CCCCC2)cc1C1CCCC1. The number of hydrogen-bond donors (Lipinski definition) is 2. The molecular formula is C18H28N4O2. The molecule has 2 aliphatic rings.